The summed E-state index contributed by atoms with van der Waals surface area (Å²) < 4.78 is 0. The molecule has 3 rings (SSSR count). The molecular weight excluding hydrogens is 324 g/mol. The maximum absolute atomic E-state index is 12.5. The first-order valence-corrected chi connectivity index (χ1v) is 9.22. The summed E-state index contributed by atoms with van der Waals surface area (Å²) in [6.45, 7) is 5.36. The summed E-state index contributed by atoms with van der Waals surface area (Å²) in [5.41, 5.74) is 4.22. The molecule has 1 aliphatic rings. The van der Waals surface area contributed by atoms with Crippen molar-refractivity contribution in [2.24, 2.45) is 5.92 Å². The van der Waals surface area contributed by atoms with Crippen LogP contribution in [0.4, 0.5) is 5.69 Å². The second-order valence-corrected chi connectivity index (χ2v) is 7.18. The van der Waals surface area contributed by atoms with E-state index in [4.69, 9.17) is 0 Å². The van der Waals surface area contributed by atoms with E-state index < -0.39 is 0 Å². The molecule has 1 aliphatic heterocycles. The van der Waals surface area contributed by atoms with Gasteiger partial charge in [-0.05, 0) is 44.4 Å². The van der Waals surface area contributed by atoms with Crippen LogP contribution in [0.3, 0.4) is 0 Å². The Balaban J connectivity index is 1.49. The van der Waals surface area contributed by atoms with Crippen LogP contribution < -0.4 is 5.32 Å². The fourth-order valence-electron chi connectivity index (χ4n) is 3.38. The topological polar surface area (TPSA) is 49.4 Å². The smallest absolute Gasteiger partial charge is 0.227 e. The first-order valence-electron chi connectivity index (χ1n) is 9.22. The van der Waals surface area contributed by atoms with E-state index in [1.807, 2.05) is 61.2 Å². The van der Waals surface area contributed by atoms with Crippen molar-refractivity contribution in [2.75, 3.05) is 18.4 Å². The molecule has 1 fully saturated rings. The maximum Gasteiger partial charge on any atom is 0.227 e. The second-order valence-electron chi connectivity index (χ2n) is 7.18. The Bertz CT molecular complexity index is 775. The lowest BCUT2D eigenvalue weighted by Gasteiger charge is -2.31. The minimum absolute atomic E-state index is 0.0284. The summed E-state index contributed by atoms with van der Waals surface area (Å²) in [6.07, 6.45) is 1.87. The van der Waals surface area contributed by atoms with Gasteiger partial charge in [0.1, 0.15) is 0 Å². The van der Waals surface area contributed by atoms with Gasteiger partial charge in [-0.25, -0.2) is 0 Å². The highest BCUT2D eigenvalue weighted by molar-refractivity contribution is 5.92. The third-order valence-electron chi connectivity index (χ3n) is 4.98. The molecule has 0 atom stereocenters. The summed E-state index contributed by atoms with van der Waals surface area (Å²) in [7, 11) is 0. The number of carbonyl (C=O) groups is 2. The highest BCUT2D eigenvalue weighted by Crippen LogP contribution is 2.20. The zero-order chi connectivity index (χ0) is 18.5. The molecular formula is C22H26N2O2. The fourth-order valence-corrected chi connectivity index (χ4v) is 3.38. The molecule has 2 amide bonds. The van der Waals surface area contributed by atoms with Crippen LogP contribution in [0.2, 0.25) is 0 Å². The van der Waals surface area contributed by atoms with Gasteiger partial charge < -0.3 is 10.2 Å². The Labute approximate surface area is 155 Å². The van der Waals surface area contributed by atoms with Gasteiger partial charge in [0.2, 0.25) is 11.8 Å². The van der Waals surface area contributed by atoms with Crippen molar-refractivity contribution in [1.82, 2.24) is 4.90 Å². The number of carbonyl (C=O) groups excluding carboxylic acids is 2. The number of piperidine rings is 1. The average Bonchev–Trinajstić information content (AvgIpc) is 2.64. The van der Waals surface area contributed by atoms with Crippen molar-refractivity contribution in [3.05, 3.63) is 65.2 Å². The van der Waals surface area contributed by atoms with Gasteiger partial charge in [-0.1, -0.05) is 47.5 Å². The maximum atomic E-state index is 12.5. The standard InChI is InChI=1S/C22H26N2O2/c1-16-6-8-20(9-7-16)23-22(26)19-10-12-24(13-11-19)21(25)15-18-5-3-4-17(2)14-18/h3-9,14,19H,10-13,15H2,1-2H3,(H,23,26). The number of hydrogen-bond donors (Lipinski definition) is 1. The van der Waals surface area contributed by atoms with Crippen molar-refractivity contribution in [3.63, 3.8) is 0 Å². The average molecular weight is 350 g/mol. The molecule has 2 aromatic rings. The Morgan fingerprint density at radius 2 is 1.69 bits per heavy atom. The highest BCUT2D eigenvalue weighted by atomic mass is 16.2. The lowest BCUT2D eigenvalue weighted by atomic mass is 9.95. The number of hydrogen-bond acceptors (Lipinski definition) is 2. The molecule has 136 valence electrons. The SMILES string of the molecule is Cc1ccc(NC(=O)C2CCN(C(=O)Cc3cccc(C)c3)CC2)cc1. The molecule has 26 heavy (non-hydrogen) atoms. The molecule has 2 aromatic carbocycles. The minimum atomic E-state index is -0.0284. The monoisotopic (exact) mass is 350 g/mol. The first kappa shape index (κ1) is 18.2. The molecule has 0 radical (unpaired) electrons. The van der Waals surface area contributed by atoms with Crippen LogP contribution in [-0.2, 0) is 16.0 Å². The van der Waals surface area contributed by atoms with Crippen molar-refractivity contribution in [1.29, 1.82) is 0 Å². The summed E-state index contributed by atoms with van der Waals surface area (Å²) in [5.74, 6) is 0.173. The number of nitrogens with zero attached hydrogens (tertiary/aromatic N) is 1. The normalized spacial score (nSPS) is 14.9. The van der Waals surface area contributed by atoms with Crippen molar-refractivity contribution < 1.29 is 9.59 Å². The van der Waals surface area contributed by atoms with E-state index in [1.165, 1.54) is 11.1 Å². The van der Waals surface area contributed by atoms with Gasteiger partial charge in [0, 0.05) is 24.7 Å². The molecule has 0 unspecified atom stereocenters. The minimum Gasteiger partial charge on any atom is -0.342 e. The van der Waals surface area contributed by atoms with E-state index in [0.29, 0.717) is 19.5 Å². The largest absolute Gasteiger partial charge is 0.342 e. The van der Waals surface area contributed by atoms with E-state index in [2.05, 4.69) is 11.4 Å². The quantitative estimate of drug-likeness (QED) is 0.913. The van der Waals surface area contributed by atoms with E-state index in [0.717, 1.165) is 24.1 Å². The third kappa shape index (κ3) is 4.72. The molecule has 1 saturated heterocycles. The Kier molecular flexibility index (Phi) is 5.71. The van der Waals surface area contributed by atoms with Gasteiger partial charge in [-0.15, -0.1) is 0 Å². The van der Waals surface area contributed by atoms with Gasteiger partial charge >= 0.3 is 0 Å². The van der Waals surface area contributed by atoms with Crippen molar-refractivity contribution in [3.8, 4) is 0 Å². The van der Waals surface area contributed by atoms with Gasteiger partial charge in [-0.3, -0.25) is 9.59 Å². The van der Waals surface area contributed by atoms with Crippen LogP contribution >= 0.6 is 0 Å². The number of amides is 2. The number of benzene rings is 2. The first-order chi connectivity index (χ1) is 12.5. The summed E-state index contributed by atoms with van der Waals surface area (Å²) in [4.78, 5) is 26.8. The molecule has 0 aromatic heterocycles. The van der Waals surface area contributed by atoms with E-state index in [-0.39, 0.29) is 17.7 Å². The third-order valence-corrected chi connectivity index (χ3v) is 4.98. The van der Waals surface area contributed by atoms with Crippen LogP contribution in [-0.4, -0.2) is 29.8 Å². The Morgan fingerprint density at radius 3 is 2.35 bits per heavy atom. The van der Waals surface area contributed by atoms with Crippen LogP contribution in [0.25, 0.3) is 0 Å². The number of anilines is 1. The summed E-state index contributed by atoms with van der Waals surface area (Å²) in [6, 6.07) is 15.9. The molecule has 1 heterocycles. The molecule has 0 saturated carbocycles. The predicted molar refractivity (Wildman–Crippen MR) is 104 cm³/mol. The van der Waals surface area contributed by atoms with Crippen LogP contribution in [0, 0.1) is 19.8 Å². The van der Waals surface area contributed by atoms with Crippen LogP contribution in [0.5, 0.6) is 0 Å². The predicted octanol–water partition coefficient (Wildman–Crippen LogP) is 3.72. The van der Waals surface area contributed by atoms with Gasteiger partial charge in [0.15, 0.2) is 0 Å². The van der Waals surface area contributed by atoms with Crippen molar-refractivity contribution in [2.45, 2.75) is 33.1 Å². The summed E-state index contributed by atoms with van der Waals surface area (Å²) in [5, 5.41) is 2.99. The van der Waals surface area contributed by atoms with Gasteiger partial charge in [-0.2, -0.15) is 0 Å². The highest BCUT2D eigenvalue weighted by Gasteiger charge is 2.27. The number of nitrogens with one attached hydrogen (secondary N) is 1. The summed E-state index contributed by atoms with van der Waals surface area (Å²) >= 11 is 0. The second kappa shape index (κ2) is 8.17. The lowest BCUT2D eigenvalue weighted by Crippen LogP contribution is -2.42. The van der Waals surface area contributed by atoms with Crippen LogP contribution in [0.1, 0.15) is 29.5 Å². The zero-order valence-corrected chi connectivity index (χ0v) is 15.5. The van der Waals surface area contributed by atoms with Crippen molar-refractivity contribution >= 4 is 17.5 Å². The Hall–Kier alpha value is -2.62. The van der Waals surface area contributed by atoms with Gasteiger partial charge in [0.05, 0.1) is 6.42 Å². The molecule has 0 aliphatic carbocycles. The van der Waals surface area contributed by atoms with E-state index in [9.17, 15) is 9.59 Å². The fraction of sp³-hybridized carbons (Fsp3) is 0.364. The van der Waals surface area contributed by atoms with E-state index in [1.54, 1.807) is 0 Å². The number of rotatable bonds is 4. The number of aryl methyl sites for hydroxylation is 2. The molecule has 0 bridgehead atoms. The molecule has 4 nitrogen and oxygen atoms in total. The molecule has 4 heteroatoms. The zero-order valence-electron chi connectivity index (χ0n) is 15.5. The molecule has 1 N–H and O–H groups in total. The lowest BCUT2D eigenvalue weighted by molar-refractivity contribution is -0.133. The Morgan fingerprint density at radius 1 is 1.00 bits per heavy atom. The van der Waals surface area contributed by atoms with E-state index >= 15 is 0 Å². The molecule has 0 spiro atoms. The van der Waals surface area contributed by atoms with Gasteiger partial charge in [0.25, 0.3) is 0 Å². The van der Waals surface area contributed by atoms with Crippen LogP contribution in [0.15, 0.2) is 48.5 Å². The number of likely N-dealkylation sites (tertiary alicyclic amines) is 1.